The van der Waals surface area contributed by atoms with Crippen LogP contribution in [0, 0.1) is 5.82 Å². The van der Waals surface area contributed by atoms with Crippen LogP contribution in [0.5, 0.6) is 0 Å². The number of benzene rings is 1. The summed E-state index contributed by atoms with van der Waals surface area (Å²) in [4.78, 5) is 10.6. The summed E-state index contributed by atoms with van der Waals surface area (Å²) >= 11 is 0. The van der Waals surface area contributed by atoms with Crippen molar-refractivity contribution in [1.29, 1.82) is 0 Å². The summed E-state index contributed by atoms with van der Waals surface area (Å²) in [5.74, 6) is 0.787. The van der Waals surface area contributed by atoms with Crippen LogP contribution in [-0.2, 0) is 0 Å². The van der Waals surface area contributed by atoms with E-state index < -0.39 is 0 Å². The predicted molar refractivity (Wildman–Crippen MR) is 88.0 cm³/mol. The molecule has 2 aromatic rings. The molecule has 118 valence electrons. The summed E-state index contributed by atoms with van der Waals surface area (Å²) in [7, 11) is 4.14. The van der Waals surface area contributed by atoms with Crippen LogP contribution >= 0.6 is 0 Å². The van der Waals surface area contributed by atoms with Gasteiger partial charge in [-0.05, 0) is 51.7 Å². The molecule has 5 nitrogen and oxygen atoms in total. The van der Waals surface area contributed by atoms with Gasteiger partial charge in [0.1, 0.15) is 11.6 Å². The first kappa shape index (κ1) is 16.2. The van der Waals surface area contributed by atoms with E-state index >= 15 is 0 Å². The van der Waals surface area contributed by atoms with Gasteiger partial charge in [0.05, 0.1) is 5.69 Å². The van der Waals surface area contributed by atoms with Gasteiger partial charge in [-0.3, -0.25) is 0 Å². The number of halogens is 1. The van der Waals surface area contributed by atoms with E-state index in [9.17, 15) is 4.39 Å². The van der Waals surface area contributed by atoms with Crippen molar-refractivity contribution in [2.75, 3.05) is 37.8 Å². The first-order valence-corrected chi connectivity index (χ1v) is 7.38. The number of aromatic nitrogens is 2. The van der Waals surface area contributed by atoms with Gasteiger partial charge in [0.2, 0.25) is 5.95 Å². The molecule has 0 radical (unpaired) electrons. The third kappa shape index (κ3) is 5.29. The van der Waals surface area contributed by atoms with Crippen molar-refractivity contribution in [1.82, 2.24) is 14.9 Å². The lowest BCUT2D eigenvalue weighted by Crippen LogP contribution is -2.14. The highest BCUT2D eigenvalue weighted by molar-refractivity contribution is 5.55. The Morgan fingerprint density at radius 1 is 1.14 bits per heavy atom. The van der Waals surface area contributed by atoms with Crippen molar-refractivity contribution in [3.8, 4) is 0 Å². The van der Waals surface area contributed by atoms with Gasteiger partial charge in [-0.2, -0.15) is 4.98 Å². The van der Waals surface area contributed by atoms with E-state index in [1.165, 1.54) is 6.07 Å². The second kappa shape index (κ2) is 8.29. The van der Waals surface area contributed by atoms with Crippen LogP contribution in [0.1, 0.15) is 12.8 Å². The molecule has 6 heteroatoms. The topological polar surface area (TPSA) is 53.1 Å². The SMILES string of the molecule is CN(C)CCCCNc1ccnc(Nc2ccccc2F)n1. The molecule has 0 aliphatic rings. The molecule has 0 saturated carbocycles. The van der Waals surface area contributed by atoms with Crippen LogP contribution in [0.25, 0.3) is 0 Å². The third-order valence-electron chi connectivity index (χ3n) is 3.11. The predicted octanol–water partition coefficient (Wildman–Crippen LogP) is 3.11. The second-order valence-electron chi connectivity index (χ2n) is 5.31. The fraction of sp³-hybridized carbons (Fsp3) is 0.375. The zero-order valence-electron chi connectivity index (χ0n) is 13.0. The first-order chi connectivity index (χ1) is 10.6. The van der Waals surface area contributed by atoms with Crippen molar-refractivity contribution in [2.24, 2.45) is 0 Å². The van der Waals surface area contributed by atoms with Crippen molar-refractivity contribution in [2.45, 2.75) is 12.8 Å². The van der Waals surface area contributed by atoms with Crippen molar-refractivity contribution < 1.29 is 4.39 Å². The Morgan fingerprint density at radius 3 is 2.73 bits per heavy atom. The van der Waals surface area contributed by atoms with E-state index in [-0.39, 0.29) is 5.82 Å². The Hall–Kier alpha value is -2.21. The van der Waals surface area contributed by atoms with Crippen LogP contribution in [0.15, 0.2) is 36.5 Å². The Kier molecular flexibility index (Phi) is 6.09. The molecule has 0 aliphatic carbocycles. The molecule has 0 saturated heterocycles. The number of rotatable bonds is 8. The fourth-order valence-corrected chi connectivity index (χ4v) is 1.97. The van der Waals surface area contributed by atoms with Gasteiger partial charge in [0, 0.05) is 12.7 Å². The summed E-state index contributed by atoms with van der Waals surface area (Å²) < 4.78 is 13.6. The van der Waals surface area contributed by atoms with Crippen LogP contribution < -0.4 is 10.6 Å². The van der Waals surface area contributed by atoms with Crippen molar-refractivity contribution in [3.05, 3.63) is 42.3 Å². The average molecular weight is 303 g/mol. The zero-order valence-corrected chi connectivity index (χ0v) is 13.0. The highest BCUT2D eigenvalue weighted by Gasteiger charge is 2.03. The number of hydrogen-bond donors (Lipinski definition) is 2. The maximum atomic E-state index is 13.6. The normalized spacial score (nSPS) is 10.7. The minimum Gasteiger partial charge on any atom is -0.370 e. The van der Waals surface area contributed by atoms with E-state index in [1.54, 1.807) is 30.5 Å². The van der Waals surface area contributed by atoms with Gasteiger partial charge in [0.15, 0.2) is 0 Å². The highest BCUT2D eigenvalue weighted by Crippen LogP contribution is 2.17. The van der Waals surface area contributed by atoms with Crippen LogP contribution in [-0.4, -0.2) is 42.1 Å². The quantitative estimate of drug-likeness (QED) is 0.734. The Morgan fingerprint density at radius 2 is 1.95 bits per heavy atom. The fourth-order valence-electron chi connectivity index (χ4n) is 1.97. The summed E-state index contributed by atoms with van der Waals surface area (Å²) in [5.41, 5.74) is 0.366. The zero-order chi connectivity index (χ0) is 15.8. The van der Waals surface area contributed by atoms with Gasteiger partial charge in [-0.1, -0.05) is 12.1 Å². The largest absolute Gasteiger partial charge is 0.370 e. The maximum Gasteiger partial charge on any atom is 0.229 e. The van der Waals surface area contributed by atoms with Gasteiger partial charge < -0.3 is 15.5 Å². The van der Waals surface area contributed by atoms with Crippen LogP contribution in [0.4, 0.5) is 21.8 Å². The molecule has 0 unspecified atom stereocenters. The minimum atomic E-state index is -0.326. The molecule has 0 fully saturated rings. The van der Waals surface area contributed by atoms with Crippen LogP contribution in [0.2, 0.25) is 0 Å². The van der Waals surface area contributed by atoms with E-state index in [0.717, 1.165) is 31.7 Å². The Labute approximate surface area is 130 Å². The van der Waals surface area contributed by atoms with Gasteiger partial charge in [-0.15, -0.1) is 0 Å². The molecule has 1 heterocycles. The van der Waals surface area contributed by atoms with E-state index in [1.807, 2.05) is 0 Å². The Bertz CT molecular complexity index is 588. The lowest BCUT2D eigenvalue weighted by Gasteiger charge is -2.10. The molecule has 1 aromatic heterocycles. The van der Waals surface area contributed by atoms with Crippen molar-refractivity contribution >= 4 is 17.5 Å². The molecule has 2 N–H and O–H groups in total. The number of unbranched alkanes of at least 4 members (excludes halogenated alkanes) is 1. The second-order valence-corrected chi connectivity index (χ2v) is 5.31. The van der Waals surface area contributed by atoms with Gasteiger partial charge in [-0.25, -0.2) is 9.37 Å². The minimum absolute atomic E-state index is 0.326. The van der Waals surface area contributed by atoms with Crippen molar-refractivity contribution in [3.63, 3.8) is 0 Å². The summed E-state index contributed by atoms with van der Waals surface area (Å²) in [6, 6.07) is 8.26. The smallest absolute Gasteiger partial charge is 0.229 e. The molecule has 22 heavy (non-hydrogen) atoms. The third-order valence-corrected chi connectivity index (χ3v) is 3.11. The molecule has 2 rings (SSSR count). The average Bonchev–Trinajstić information content (AvgIpc) is 2.49. The molecular formula is C16H22FN5. The molecule has 0 amide bonds. The van der Waals surface area contributed by atoms with Gasteiger partial charge in [0.25, 0.3) is 0 Å². The highest BCUT2D eigenvalue weighted by atomic mass is 19.1. The number of hydrogen-bond acceptors (Lipinski definition) is 5. The monoisotopic (exact) mass is 303 g/mol. The number of nitrogens with one attached hydrogen (secondary N) is 2. The summed E-state index contributed by atoms with van der Waals surface area (Å²) in [6.45, 7) is 1.93. The van der Waals surface area contributed by atoms with E-state index in [0.29, 0.717) is 11.6 Å². The number of para-hydroxylation sites is 1. The molecule has 1 aromatic carbocycles. The molecule has 0 atom stereocenters. The van der Waals surface area contributed by atoms with Crippen LogP contribution in [0.3, 0.4) is 0 Å². The molecular weight excluding hydrogens is 281 g/mol. The summed E-state index contributed by atoms with van der Waals surface area (Å²) in [6.07, 6.45) is 3.85. The number of nitrogens with zero attached hydrogens (tertiary/aromatic N) is 3. The first-order valence-electron chi connectivity index (χ1n) is 7.38. The lowest BCUT2D eigenvalue weighted by atomic mass is 10.3. The number of anilines is 3. The van der Waals surface area contributed by atoms with Gasteiger partial charge >= 0.3 is 0 Å². The summed E-state index contributed by atoms with van der Waals surface area (Å²) in [5, 5.41) is 6.14. The molecule has 0 spiro atoms. The maximum absolute atomic E-state index is 13.6. The standard InChI is InChI=1S/C16H22FN5/c1-22(2)12-6-5-10-18-15-9-11-19-16(21-15)20-14-8-4-3-7-13(14)17/h3-4,7-9,11H,5-6,10,12H2,1-2H3,(H2,18,19,20,21). The lowest BCUT2D eigenvalue weighted by molar-refractivity contribution is 0.396. The molecule has 0 bridgehead atoms. The molecule has 0 aliphatic heterocycles. The van der Waals surface area contributed by atoms with E-state index in [4.69, 9.17) is 0 Å². The Balaban J connectivity index is 1.86. The van der Waals surface area contributed by atoms with E-state index in [2.05, 4.69) is 39.6 Å².